The first kappa shape index (κ1) is 14.9. The third-order valence-corrected chi connectivity index (χ3v) is 3.84. The Hall–Kier alpha value is -1.52. The molecular weight excluding hydrogens is 270 g/mol. The van der Waals surface area contributed by atoms with Crippen LogP contribution in [0.3, 0.4) is 0 Å². The normalized spacial score (nSPS) is 10.5. The van der Waals surface area contributed by atoms with Gasteiger partial charge in [0, 0.05) is 23.4 Å². The summed E-state index contributed by atoms with van der Waals surface area (Å²) in [5.41, 5.74) is 1.13. The van der Waals surface area contributed by atoms with Crippen molar-refractivity contribution in [2.75, 3.05) is 20.3 Å². The van der Waals surface area contributed by atoms with Crippen molar-refractivity contribution in [3.8, 4) is 11.5 Å². The number of hydrogen-bond donors (Lipinski definition) is 1. The molecule has 0 aliphatic carbocycles. The zero-order valence-electron chi connectivity index (χ0n) is 12.0. The van der Waals surface area contributed by atoms with Gasteiger partial charge < -0.3 is 14.8 Å². The van der Waals surface area contributed by atoms with Gasteiger partial charge in [-0.25, -0.2) is 0 Å². The maximum atomic E-state index is 5.99. The lowest BCUT2D eigenvalue weighted by Gasteiger charge is -2.15. The summed E-state index contributed by atoms with van der Waals surface area (Å²) in [5, 5.41) is 5.26. The van der Waals surface area contributed by atoms with Crippen LogP contribution in [0.25, 0.3) is 0 Å². The fraction of sp³-hybridized carbons (Fsp3) is 0.375. The molecule has 4 heteroatoms. The van der Waals surface area contributed by atoms with Crippen LogP contribution in [0.5, 0.6) is 11.5 Å². The molecule has 1 N–H and O–H groups in total. The fourth-order valence-electron chi connectivity index (χ4n) is 2.03. The van der Waals surface area contributed by atoms with Gasteiger partial charge in [0.2, 0.25) is 0 Å². The minimum absolute atomic E-state index is 0.643. The molecule has 0 bridgehead atoms. The van der Waals surface area contributed by atoms with Gasteiger partial charge in [0.15, 0.2) is 11.5 Å². The lowest BCUT2D eigenvalue weighted by molar-refractivity contribution is 0.277. The molecule has 0 fully saturated rings. The Labute approximate surface area is 124 Å². The zero-order chi connectivity index (χ0) is 14.2. The van der Waals surface area contributed by atoms with Crippen molar-refractivity contribution < 1.29 is 9.47 Å². The Kier molecular flexibility index (Phi) is 5.89. The summed E-state index contributed by atoms with van der Waals surface area (Å²) in [6.07, 6.45) is 0.928. The lowest BCUT2D eigenvalue weighted by Crippen LogP contribution is -2.10. The van der Waals surface area contributed by atoms with E-state index in [2.05, 4.69) is 28.9 Å². The van der Waals surface area contributed by atoms with Gasteiger partial charge in [0.05, 0.1) is 13.2 Å². The van der Waals surface area contributed by atoms with Gasteiger partial charge >= 0.3 is 0 Å². The van der Waals surface area contributed by atoms with E-state index in [1.807, 2.05) is 26.1 Å². The minimum atomic E-state index is 0.643. The van der Waals surface area contributed by atoms with Gasteiger partial charge in [-0.3, -0.25) is 0 Å². The Morgan fingerprint density at radius 3 is 2.75 bits per heavy atom. The minimum Gasteiger partial charge on any atom is -0.490 e. The van der Waals surface area contributed by atoms with E-state index < -0.39 is 0 Å². The van der Waals surface area contributed by atoms with Gasteiger partial charge in [-0.05, 0) is 31.5 Å². The van der Waals surface area contributed by atoms with Gasteiger partial charge in [-0.15, -0.1) is 11.3 Å². The van der Waals surface area contributed by atoms with E-state index in [9.17, 15) is 0 Å². The standard InChI is InChI=1S/C16H21NO2S/c1-3-18-15-8-4-6-13(12-17-2)16(15)19-10-9-14-7-5-11-20-14/h4-8,11,17H,3,9-10,12H2,1-2H3. The first-order valence-electron chi connectivity index (χ1n) is 6.89. The number of thiophene rings is 1. The van der Waals surface area contributed by atoms with Crippen molar-refractivity contribution in [3.05, 3.63) is 46.2 Å². The topological polar surface area (TPSA) is 30.5 Å². The molecule has 0 saturated heterocycles. The molecule has 0 saturated carbocycles. The first-order valence-corrected chi connectivity index (χ1v) is 7.77. The Balaban J connectivity index is 2.06. The summed E-state index contributed by atoms with van der Waals surface area (Å²) in [7, 11) is 1.93. The summed E-state index contributed by atoms with van der Waals surface area (Å²) in [6.45, 7) is 4.07. The second-order valence-corrected chi connectivity index (χ2v) is 5.42. The van der Waals surface area contributed by atoms with Crippen LogP contribution < -0.4 is 14.8 Å². The number of ether oxygens (including phenoxy) is 2. The van der Waals surface area contributed by atoms with Gasteiger partial charge in [0.25, 0.3) is 0 Å². The van der Waals surface area contributed by atoms with Crippen LogP contribution >= 0.6 is 11.3 Å². The predicted octanol–water partition coefficient (Wildman–Crippen LogP) is 3.49. The lowest BCUT2D eigenvalue weighted by atomic mass is 10.2. The largest absolute Gasteiger partial charge is 0.490 e. The van der Waals surface area contributed by atoms with Crippen molar-refractivity contribution >= 4 is 11.3 Å². The van der Waals surface area contributed by atoms with E-state index in [-0.39, 0.29) is 0 Å². The van der Waals surface area contributed by atoms with Crippen molar-refractivity contribution in [2.24, 2.45) is 0 Å². The molecule has 2 rings (SSSR count). The Morgan fingerprint density at radius 1 is 1.15 bits per heavy atom. The average Bonchev–Trinajstić information content (AvgIpc) is 2.95. The summed E-state index contributed by atoms with van der Waals surface area (Å²) in [4.78, 5) is 1.34. The maximum absolute atomic E-state index is 5.99. The average molecular weight is 291 g/mol. The van der Waals surface area contributed by atoms with Crippen LogP contribution in [0, 0.1) is 0 Å². The van der Waals surface area contributed by atoms with Crippen LogP contribution in [-0.2, 0) is 13.0 Å². The second kappa shape index (κ2) is 7.92. The van der Waals surface area contributed by atoms with Gasteiger partial charge in [0.1, 0.15) is 0 Å². The van der Waals surface area contributed by atoms with Crippen LogP contribution in [0.4, 0.5) is 0 Å². The van der Waals surface area contributed by atoms with Crippen molar-refractivity contribution in [1.82, 2.24) is 5.32 Å². The highest BCUT2D eigenvalue weighted by atomic mass is 32.1. The molecule has 0 aliphatic heterocycles. The number of benzene rings is 1. The third kappa shape index (κ3) is 3.99. The van der Waals surface area contributed by atoms with E-state index in [0.717, 1.165) is 30.0 Å². The number of rotatable bonds is 8. The quantitative estimate of drug-likeness (QED) is 0.807. The zero-order valence-corrected chi connectivity index (χ0v) is 12.8. The second-order valence-electron chi connectivity index (χ2n) is 4.39. The molecule has 1 aromatic heterocycles. The maximum Gasteiger partial charge on any atom is 0.165 e. The highest BCUT2D eigenvalue weighted by molar-refractivity contribution is 7.09. The van der Waals surface area contributed by atoms with E-state index in [1.54, 1.807) is 11.3 Å². The van der Waals surface area contributed by atoms with E-state index >= 15 is 0 Å². The SMILES string of the molecule is CCOc1cccc(CNC)c1OCCc1cccs1. The van der Waals surface area contributed by atoms with Gasteiger partial charge in [-0.1, -0.05) is 18.2 Å². The molecule has 0 unspecified atom stereocenters. The van der Waals surface area contributed by atoms with Crippen molar-refractivity contribution in [1.29, 1.82) is 0 Å². The first-order chi connectivity index (χ1) is 9.85. The highest BCUT2D eigenvalue weighted by Gasteiger charge is 2.10. The summed E-state index contributed by atoms with van der Waals surface area (Å²) in [5.74, 6) is 1.69. The number of hydrogen-bond acceptors (Lipinski definition) is 4. The van der Waals surface area contributed by atoms with Crippen LogP contribution in [-0.4, -0.2) is 20.3 Å². The molecule has 2 aromatic rings. The molecular formula is C16H21NO2S. The van der Waals surface area contributed by atoms with E-state index in [4.69, 9.17) is 9.47 Å². The monoisotopic (exact) mass is 291 g/mol. The number of nitrogens with one attached hydrogen (secondary N) is 1. The molecule has 0 amide bonds. The molecule has 3 nitrogen and oxygen atoms in total. The molecule has 1 heterocycles. The third-order valence-electron chi connectivity index (χ3n) is 2.90. The van der Waals surface area contributed by atoms with Crippen LogP contribution in [0.2, 0.25) is 0 Å². The van der Waals surface area contributed by atoms with E-state index in [0.29, 0.717) is 13.2 Å². The Morgan fingerprint density at radius 2 is 2.05 bits per heavy atom. The van der Waals surface area contributed by atoms with Crippen LogP contribution in [0.15, 0.2) is 35.7 Å². The summed E-state index contributed by atoms with van der Waals surface area (Å²) < 4.78 is 11.6. The van der Waals surface area contributed by atoms with Crippen molar-refractivity contribution in [3.63, 3.8) is 0 Å². The van der Waals surface area contributed by atoms with Crippen molar-refractivity contribution in [2.45, 2.75) is 19.9 Å². The Bertz CT molecular complexity index is 487. The van der Waals surface area contributed by atoms with Crippen LogP contribution in [0.1, 0.15) is 17.4 Å². The molecule has 0 atom stereocenters. The summed E-state index contributed by atoms with van der Waals surface area (Å²) in [6, 6.07) is 10.2. The predicted molar refractivity (Wildman–Crippen MR) is 83.9 cm³/mol. The molecule has 0 radical (unpaired) electrons. The fourth-order valence-corrected chi connectivity index (χ4v) is 2.72. The molecule has 0 spiro atoms. The molecule has 0 aliphatic rings. The smallest absolute Gasteiger partial charge is 0.165 e. The van der Waals surface area contributed by atoms with E-state index in [1.165, 1.54) is 4.88 Å². The molecule has 108 valence electrons. The number of para-hydroxylation sites is 1. The van der Waals surface area contributed by atoms with Gasteiger partial charge in [-0.2, -0.15) is 0 Å². The molecule has 1 aromatic carbocycles. The summed E-state index contributed by atoms with van der Waals surface area (Å²) >= 11 is 1.76. The molecule has 20 heavy (non-hydrogen) atoms. The highest BCUT2D eigenvalue weighted by Crippen LogP contribution is 2.31.